The lowest BCUT2D eigenvalue weighted by Crippen LogP contribution is -2.31. The van der Waals surface area contributed by atoms with Gasteiger partial charge >= 0.3 is 0 Å². The Morgan fingerprint density at radius 1 is 0.851 bits per heavy atom. The number of ether oxygens (including phenoxy) is 3. The molecule has 4 aromatic carbocycles. The molecule has 1 heterocycles. The molecule has 1 fully saturated rings. The van der Waals surface area contributed by atoms with Crippen molar-refractivity contribution in [3.63, 3.8) is 0 Å². The number of hydrogen-bond acceptors (Lipinski definition) is 8. The molecule has 1 unspecified atom stereocenters. The zero-order chi connectivity index (χ0) is 33.5. The average molecular weight is 656 g/mol. The van der Waals surface area contributed by atoms with Gasteiger partial charge in [-0.15, -0.1) is 11.8 Å². The first-order valence-electron chi connectivity index (χ1n) is 14.3. The largest absolute Gasteiger partial charge is 0.496 e. The molecule has 0 radical (unpaired) electrons. The van der Waals surface area contributed by atoms with Gasteiger partial charge in [-0.3, -0.25) is 19.2 Å². The van der Waals surface area contributed by atoms with E-state index in [2.05, 4.69) is 10.6 Å². The van der Waals surface area contributed by atoms with E-state index in [0.29, 0.717) is 44.6 Å². The number of hydrogen-bond donors (Lipinski definition) is 2. The molecule has 4 aromatic rings. The van der Waals surface area contributed by atoms with Crippen LogP contribution in [0.1, 0.15) is 22.3 Å². The molecule has 0 bridgehead atoms. The third-order valence-corrected chi connectivity index (χ3v) is 8.34. The molecule has 47 heavy (non-hydrogen) atoms. The maximum Gasteiger partial charge on any atom is 0.272 e. The van der Waals surface area contributed by atoms with Crippen LogP contribution in [0.5, 0.6) is 17.2 Å². The summed E-state index contributed by atoms with van der Waals surface area (Å²) in [7, 11) is 4.44. The Balaban J connectivity index is 1.35. The Bertz CT molecular complexity index is 1830. The first-order chi connectivity index (χ1) is 22.7. The highest BCUT2D eigenvalue weighted by atomic mass is 32.2. The van der Waals surface area contributed by atoms with Crippen LogP contribution in [0.2, 0.25) is 0 Å². The SMILES string of the molecule is COc1cc(OC)c(OC)cc1/C=C(\NC(=O)c1ccccc1)C(=O)Nc1ccc(SC2CC(=O)N(c3ccc(F)cc3)C2=O)cc1. The van der Waals surface area contributed by atoms with Gasteiger partial charge in [0.05, 0.1) is 32.3 Å². The van der Waals surface area contributed by atoms with Crippen molar-refractivity contribution in [2.24, 2.45) is 0 Å². The molecule has 0 spiro atoms. The minimum Gasteiger partial charge on any atom is -0.496 e. The van der Waals surface area contributed by atoms with E-state index in [1.54, 1.807) is 66.7 Å². The minimum absolute atomic E-state index is 0.00572. The van der Waals surface area contributed by atoms with Crippen molar-refractivity contribution < 1.29 is 37.8 Å². The molecular formula is C35H30FN3O7S. The minimum atomic E-state index is -0.660. The number of methoxy groups -OCH3 is 3. The number of amides is 4. The lowest BCUT2D eigenvalue weighted by molar-refractivity contribution is -0.121. The number of nitrogens with zero attached hydrogens (tertiary/aromatic N) is 1. The average Bonchev–Trinajstić information content (AvgIpc) is 3.37. The van der Waals surface area contributed by atoms with E-state index in [1.165, 1.54) is 63.4 Å². The van der Waals surface area contributed by atoms with Crippen molar-refractivity contribution in [3.05, 3.63) is 114 Å². The van der Waals surface area contributed by atoms with Crippen LogP contribution in [-0.4, -0.2) is 50.2 Å². The van der Waals surface area contributed by atoms with E-state index in [1.807, 2.05) is 0 Å². The lowest BCUT2D eigenvalue weighted by atomic mass is 10.1. The molecule has 4 amide bonds. The van der Waals surface area contributed by atoms with Gasteiger partial charge < -0.3 is 24.8 Å². The van der Waals surface area contributed by atoms with Crippen LogP contribution < -0.4 is 29.7 Å². The van der Waals surface area contributed by atoms with Crippen molar-refractivity contribution in [1.29, 1.82) is 0 Å². The summed E-state index contributed by atoms with van der Waals surface area (Å²) in [6.07, 6.45) is 1.46. The molecule has 1 saturated heterocycles. The fraction of sp³-hybridized carbons (Fsp3) is 0.143. The van der Waals surface area contributed by atoms with Gasteiger partial charge in [-0.25, -0.2) is 9.29 Å². The highest BCUT2D eigenvalue weighted by Gasteiger charge is 2.40. The van der Waals surface area contributed by atoms with Crippen LogP contribution in [0.3, 0.4) is 0 Å². The number of carbonyl (C=O) groups is 4. The molecule has 5 rings (SSSR count). The number of nitrogens with one attached hydrogen (secondary N) is 2. The van der Waals surface area contributed by atoms with E-state index in [0.717, 1.165) is 4.90 Å². The van der Waals surface area contributed by atoms with Crippen LogP contribution in [0.15, 0.2) is 102 Å². The van der Waals surface area contributed by atoms with Gasteiger partial charge in [-0.05, 0) is 72.8 Å². The van der Waals surface area contributed by atoms with Crippen LogP contribution in [0.4, 0.5) is 15.8 Å². The summed E-state index contributed by atoms with van der Waals surface area (Å²) in [5.41, 5.74) is 1.46. The summed E-state index contributed by atoms with van der Waals surface area (Å²) in [6, 6.07) is 23.6. The van der Waals surface area contributed by atoms with Gasteiger partial charge in [-0.1, -0.05) is 18.2 Å². The topological polar surface area (TPSA) is 123 Å². The summed E-state index contributed by atoms with van der Waals surface area (Å²) in [5.74, 6) is -1.14. The Morgan fingerprint density at radius 3 is 2.13 bits per heavy atom. The Morgan fingerprint density at radius 2 is 1.49 bits per heavy atom. The zero-order valence-corrected chi connectivity index (χ0v) is 26.4. The lowest BCUT2D eigenvalue weighted by Gasteiger charge is -2.15. The van der Waals surface area contributed by atoms with Gasteiger partial charge in [-0.2, -0.15) is 0 Å². The highest BCUT2D eigenvalue weighted by Crippen LogP contribution is 2.36. The van der Waals surface area contributed by atoms with E-state index < -0.39 is 28.8 Å². The Kier molecular flexibility index (Phi) is 10.2. The molecule has 2 N–H and O–H groups in total. The standard InChI is InChI=1S/C35H30FN3O7S/c1-44-28-19-30(46-3)29(45-2)18-22(28)17-27(38-33(41)21-7-5-4-6-8-21)34(42)37-24-11-15-26(16-12-24)47-31-20-32(40)39(35(31)43)25-13-9-23(36)10-14-25/h4-19,31H,20H2,1-3H3,(H,37,42)(H,38,41)/b27-17-. The van der Waals surface area contributed by atoms with Gasteiger partial charge in [0.15, 0.2) is 11.5 Å². The van der Waals surface area contributed by atoms with E-state index >= 15 is 0 Å². The Hall–Kier alpha value is -5.62. The predicted octanol–water partition coefficient (Wildman–Crippen LogP) is 5.69. The number of imide groups is 1. The zero-order valence-electron chi connectivity index (χ0n) is 25.6. The van der Waals surface area contributed by atoms with Crippen molar-refractivity contribution in [1.82, 2.24) is 5.32 Å². The Labute approximate surface area is 274 Å². The van der Waals surface area contributed by atoms with Gasteiger partial charge in [0.1, 0.15) is 17.3 Å². The quantitative estimate of drug-likeness (QED) is 0.156. The monoisotopic (exact) mass is 655 g/mol. The number of anilines is 2. The molecule has 1 atom stereocenters. The van der Waals surface area contributed by atoms with Crippen LogP contribution in [-0.2, 0) is 14.4 Å². The van der Waals surface area contributed by atoms with Gasteiger partial charge in [0.25, 0.3) is 11.8 Å². The summed E-state index contributed by atoms with van der Waals surface area (Å²) in [4.78, 5) is 54.1. The second kappa shape index (κ2) is 14.6. The second-order valence-electron chi connectivity index (χ2n) is 10.2. The van der Waals surface area contributed by atoms with Crippen LogP contribution in [0, 0.1) is 5.82 Å². The molecule has 12 heteroatoms. The maximum absolute atomic E-state index is 13.6. The highest BCUT2D eigenvalue weighted by molar-refractivity contribution is 8.00. The van der Waals surface area contributed by atoms with E-state index in [-0.39, 0.29) is 18.0 Å². The number of halogens is 1. The molecule has 0 aliphatic carbocycles. The third kappa shape index (κ3) is 7.61. The van der Waals surface area contributed by atoms with Crippen molar-refractivity contribution in [3.8, 4) is 17.2 Å². The normalized spacial score (nSPS) is 14.5. The molecular weight excluding hydrogens is 625 g/mol. The number of carbonyl (C=O) groups excluding carboxylic acids is 4. The summed E-state index contributed by atoms with van der Waals surface area (Å²) >= 11 is 1.21. The first kappa shape index (κ1) is 32.8. The van der Waals surface area contributed by atoms with Crippen LogP contribution >= 0.6 is 11.8 Å². The summed E-state index contributed by atoms with van der Waals surface area (Å²) in [6.45, 7) is 0. The smallest absolute Gasteiger partial charge is 0.272 e. The second-order valence-corrected chi connectivity index (χ2v) is 11.4. The van der Waals surface area contributed by atoms with E-state index in [4.69, 9.17) is 14.2 Å². The van der Waals surface area contributed by atoms with Crippen LogP contribution in [0.25, 0.3) is 6.08 Å². The fourth-order valence-corrected chi connectivity index (χ4v) is 5.85. The first-order valence-corrected chi connectivity index (χ1v) is 15.2. The van der Waals surface area contributed by atoms with Gasteiger partial charge in [0.2, 0.25) is 11.8 Å². The molecule has 1 aliphatic heterocycles. The summed E-state index contributed by atoms with van der Waals surface area (Å²) in [5, 5.41) is 4.82. The van der Waals surface area contributed by atoms with Crippen molar-refractivity contribution in [2.75, 3.05) is 31.5 Å². The third-order valence-electron chi connectivity index (χ3n) is 7.15. The molecule has 240 valence electrons. The fourth-order valence-electron chi connectivity index (χ4n) is 4.80. The van der Waals surface area contributed by atoms with E-state index in [9.17, 15) is 23.6 Å². The predicted molar refractivity (Wildman–Crippen MR) is 176 cm³/mol. The molecule has 0 aromatic heterocycles. The number of thioether (sulfide) groups is 1. The van der Waals surface area contributed by atoms with Gasteiger partial charge in [0, 0.05) is 34.2 Å². The molecule has 10 nitrogen and oxygen atoms in total. The molecule has 1 aliphatic rings. The number of rotatable bonds is 11. The molecule has 0 saturated carbocycles. The van der Waals surface area contributed by atoms with Crippen molar-refractivity contribution >= 4 is 52.8 Å². The number of benzene rings is 4. The summed E-state index contributed by atoms with van der Waals surface area (Å²) < 4.78 is 29.6. The maximum atomic E-state index is 13.6. The van der Waals surface area contributed by atoms with Crippen molar-refractivity contribution in [2.45, 2.75) is 16.6 Å².